The minimum Gasteiger partial charge on any atom is -0.340 e. The van der Waals surface area contributed by atoms with Crippen LogP contribution in [0.5, 0.6) is 0 Å². The van der Waals surface area contributed by atoms with Gasteiger partial charge >= 0.3 is 0 Å². The van der Waals surface area contributed by atoms with Crippen molar-refractivity contribution in [3.63, 3.8) is 0 Å². The van der Waals surface area contributed by atoms with E-state index in [9.17, 15) is 4.79 Å². The molecule has 2 aliphatic heterocycles. The number of nitrogens with one attached hydrogen (secondary N) is 1. The van der Waals surface area contributed by atoms with Gasteiger partial charge in [-0.3, -0.25) is 9.69 Å². The van der Waals surface area contributed by atoms with E-state index in [1.165, 1.54) is 12.8 Å². The molecule has 2 heterocycles. The van der Waals surface area contributed by atoms with Gasteiger partial charge < -0.3 is 10.2 Å². The van der Waals surface area contributed by atoms with Gasteiger partial charge in [-0.1, -0.05) is 6.92 Å². The maximum atomic E-state index is 12.4. The third-order valence-corrected chi connectivity index (χ3v) is 5.08. The summed E-state index contributed by atoms with van der Waals surface area (Å²) in [6.07, 6.45) is 3.21. The summed E-state index contributed by atoms with van der Waals surface area (Å²) in [6, 6.07) is 0.598. The topological polar surface area (TPSA) is 35.6 Å². The molecule has 2 rings (SSSR count). The second kappa shape index (κ2) is 10.7. The third-order valence-electron chi connectivity index (χ3n) is 5.08. The van der Waals surface area contributed by atoms with Gasteiger partial charge in [0.05, 0.1) is 0 Å². The minimum absolute atomic E-state index is 0. The molecule has 2 fully saturated rings. The van der Waals surface area contributed by atoms with Crippen LogP contribution >= 0.6 is 24.8 Å². The molecule has 0 spiro atoms. The molecule has 6 heteroatoms. The number of carbonyl (C=O) groups is 1. The van der Waals surface area contributed by atoms with E-state index in [0.29, 0.717) is 17.9 Å². The average molecular weight is 354 g/mol. The molecule has 0 aromatic heterocycles. The van der Waals surface area contributed by atoms with Crippen LogP contribution in [0, 0.1) is 11.8 Å². The fraction of sp³-hybridized carbons (Fsp3) is 0.938. The molecule has 1 atom stereocenters. The smallest absolute Gasteiger partial charge is 0.222 e. The Balaban J connectivity index is 0.00000220. The highest BCUT2D eigenvalue weighted by Crippen LogP contribution is 2.25. The van der Waals surface area contributed by atoms with Gasteiger partial charge in [-0.15, -0.1) is 24.8 Å². The molecule has 0 aliphatic carbocycles. The number of piperazine rings is 1. The fourth-order valence-corrected chi connectivity index (χ4v) is 3.47. The van der Waals surface area contributed by atoms with E-state index in [4.69, 9.17) is 0 Å². The molecule has 2 aliphatic rings. The summed E-state index contributed by atoms with van der Waals surface area (Å²) in [5, 5.41) is 3.40. The van der Waals surface area contributed by atoms with Crippen LogP contribution in [0.2, 0.25) is 0 Å². The summed E-state index contributed by atoms with van der Waals surface area (Å²) in [7, 11) is 0. The molecule has 132 valence electrons. The summed E-state index contributed by atoms with van der Waals surface area (Å²) >= 11 is 0. The monoisotopic (exact) mass is 353 g/mol. The highest BCUT2D eigenvalue weighted by atomic mass is 35.5. The summed E-state index contributed by atoms with van der Waals surface area (Å²) < 4.78 is 0. The van der Waals surface area contributed by atoms with Gasteiger partial charge in [-0.25, -0.2) is 0 Å². The second-order valence-electron chi connectivity index (χ2n) is 6.78. The third kappa shape index (κ3) is 6.23. The largest absolute Gasteiger partial charge is 0.340 e. The molecule has 0 aromatic rings. The van der Waals surface area contributed by atoms with Crippen LogP contribution in [0.15, 0.2) is 0 Å². The molecule has 1 N–H and O–H groups in total. The average Bonchev–Trinajstić information content (AvgIpc) is 2.48. The number of nitrogens with zero attached hydrogens (tertiary/aromatic N) is 2. The van der Waals surface area contributed by atoms with E-state index in [-0.39, 0.29) is 24.8 Å². The lowest BCUT2D eigenvalue weighted by molar-refractivity contribution is -0.134. The molecule has 1 unspecified atom stereocenters. The normalized spacial score (nSPS) is 21.9. The zero-order valence-electron chi connectivity index (χ0n) is 14.2. The molecular weight excluding hydrogens is 321 g/mol. The van der Waals surface area contributed by atoms with Gasteiger partial charge in [0.15, 0.2) is 0 Å². The summed E-state index contributed by atoms with van der Waals surface area (Å²) in [5.74, 6) is 1.64. The zero-order valence-corrected chi connectivity index (χ0v) is 15.8. The van der Waals surface area contributed by atoms with Crippen molar-refractivity contribution in [3.8, 4) is 0 Å². The Kier molecular flexibility index (Phi) is 10.7. The molecule has 0 radical (unpaired) electrons. The second-order valence-corrected chi connectivity index (χ2v) is 6.78. The van der Waals surface area contributed by atoms with Crippen molar-refractivity contribution >= 4 is 30.7 Å². The van der Waals surface area contributed by atoms with Crippen LogP contribution in [0.1, 0.15) is 40.0 Å². The standard InChI is InChI=1S/C16H31N3O.2ClH/c1-13(2)18-8-10-19(11-9-18)16(20)12-14(3)15-4-6-17-7-5-15;;/h13-15,17H,4-12H2,1-3H3;2*1H. The molecule has 1 amide bonds. The molecule has 0 aromatic carbocycles. The first-order valence-corrected chi connectivity index (χ1v) is 8.30. The summed E-state index contributed by atoms with van der Waals surface area (Å²) in [6.45, 7) is 12.9. The number of rotatable bonds is 4. The number of carbonyl (C=O) groups excluding carboxylic acids is 1. The Morgan fingerprint density at radius 3 is 2.09 bits per heavy atom. The predicted molar refractivity (Wildman–Crippen MR) is 97.2 cm³/mol. The van der Waals surface area contributed by atoms with Crippen molar-refractivity contribution in [2.24, 2.45) is 11.8 Å². The van der Waals surface area contributed by atoms with E-state index >= 15 is 0 Å². The van der Waals surface area contributed by atoms with Crippen LogP contribution in [-0.4, -0.2) is 61.0 Å². The van der Waals surface area contributed by atoms with Crippen LogP contribution in [-0.2, 0) is 4.79 Å². The van der Waals surface area contributed by atoms with Gasteiger partial charge in [-0.05, 0) is 51.6 Å². The lowest BCUT2D eigenvalue weighted by Crippen LogP contribution is -2.51. The molecule has 2 saturated heterocycles. The van der Waals surface area contributed by atoms with Crippen molar-refractivity contribution in [2.45, 2.75) is 46.1 Å². The Hall–Kier alpha value is -0.0300. The first-order valence-electron chi connectivity index (χ1n) is 8.30. The first kappa shape index (κ1) is 22.0. The highest BCUT2D eigenvalue weighted by molar-refractivity contribution is 5.85. The quantitative estimate of drug-likeness (QED) is 0.842. The van der Waals surface area contributed by atoms with Crippen LogP contribution in [0.3, 0.4) is 0 Å². The number of halogens is 2. The Morgan fingerprint density at radius 1 is 1.05 bits per heavy atom. The number of hydrogen-bond acceptors (Lipinski definition) is 3. The van der Waals surface area contributed by atoms with Crippen molar-refractivity contribution in [1.29, 1.82) is 0 Å². The molecule has 0 bridgehead atoms. The maximum absolute atomic E-state index is 12.4. The SMILES string of the molecule is CC(CC(=O)N1CCN(C(C)C)CC1)C1CCNCC1.Cl.Cl. The molecule has 22 heavy (non-hydrogen) atoms. The van der Waals surface area contributed by atoms with Crippen molar-refractivity contribution < 1.29 is 4.79 Å². The Bertz CT molecular complexity index is 315. The van der Waals surface area contributed by atoms with Gasteiger partial charge in [0, 0.05) is 38.6 Å². The van der Waals surface area contributed by atoms with Crippen molar-refractivity contribution in [3.05, 3.63) is 0 Å². The fourth-order valence-electron chi connectivity index (χ4n) is 3.47. The van der Waals surface area contributed by atoms with Crippen LogP contribution < -0.4 is 5.32 Å². The molecular formula is C16H33Cl2N3O. The number of amides is 1. The first-order chi connectivity index (χ1) is 9.58. The minimum atomic E-state index is 0. The van der Waals surface area contributed by atoms with Crippen LogP contribution in [0.4, 0.5) is 0 Å². The van der Waals surface area contributed by atoms with E-state index < -0.39 is 0 Å². The van der Waals surface area contributed by atoms with Crippen LogP contribution in [0.25, 0.3) is 0 Å². The maximum Gasteiger partial charge on any atom is 0.222 e. The number of piperidine rings is 1. The molecule has 0 saturated carbocycles. The highest BCUT2D eigenvalue weighted by Gasteiger charge is 2.26. The van der Waals surface area contributed by atoms with Crippen molar-refractivity contribution in [1.82, 2.24) is 15.1 Å². The van der Waals surface area contributed by atoms with Crippen molar-refractivity contribution in [2.75, 3.05) is 39.3 Å². The summed E-state index contributed by atoms with van der Waals surface area (Å²) in [4.78, 5) is 17.0. The van der Waals surface area contributed by atoms with Gasteiger partial charge in [-0.2, -0.15) is 0 Å². The summed E-state index contributed by atoms with van der Waals surface area (Å²) in [5.41, 5.74) is 0. The predicted octanol–water partition coefficient (Wildman–Crippen LogP) is 2.41. The van der Waals surface area contributed by atoms with E-state index in [1.54, 1.807) is 0 Å². The number of hydrogen-bond donors (Lipinski definition) is 1. The Labute approximate surface area is 148 Å². The van der Waals surface area contributed by atoms with E-state index in [2.05, 4.69) is 35.9 Å². The lowest BCUT2D eigenvalue weighted by Gasteiger charge is -2.38. The van der Waals surface area contributed by atoms with Gasteiger partial charge in [0.1, 0.15) is 0 Å². The van der Waals surface area contributed by atoms with E-state index in [1.807, 2.05) is 0 Å². The molecule has 4 nitrogen and oxygen atoms in total. The van der Waals surface area contributed by atoms with E-state index in [0.717, 1.165) is 51.6 Å². The van der Waals surface area contributed by atoms with Gasteiger partial charge in [0.25, 0.3) is 0 Å². The zero-order chi connectivity index (χ0) is 14.5. The Morgan fingerprint density at radius 2 is 1.59 bits per heavy atom. The lowest BCUT2D eigenvalue weighted by atomic mass is 9.84. The van der Waals surface area contributed by atoms with Gasteiger partial charge in [0.2, 0.25) is 5.91 Å².